The number of carbonyl (C=O) groups excluding carboxylic acids is 1. The van der Waals surface area contributed by atoms with E-state index in [4.69, 9.17) is 4.42 Å². The number of amides is 1. The fourth-order valence-electron chi connectivity index (χ4n) is 4.97. The Kier molecular flexibility index (Phi) is 6.52. The fourth-order valence-corrected chi connectivity index (χ4v) is 4.97. The lowest BCUT2D eigenvalue weighted by atomic mass is 9.62. The Bertz CT molecular complexity index is 1120. The van der Waals surface area contributed by atoms with Gasteiger partial charge in [0.05, 0.1) is 0 Å². The van der Waals surface area contributed by atoms with Crippen LogP contribution in [0.2, 0.25) is 0 Å². The minimum absolute atomic E-state index is 0.139. The summed E-state index contributed by atoms with van der Waals surface area (Å²) in [6.45, 7) is 12.3. The number of rotatable bonds is 7. The molecule has 1 heterocycles. The SMILES string of the molecule is Cc1cc2c(cc1Cc1ccc(C(=O)NCCCc3ccccc3)o1)C(C)(C)CCC2(C)C. The van der Waals surface area contributed by atoms with Crippen LogP contribution < -0.4 is 5.32 Å². The largest absolute Gasteiger partial charge is 0.456 e. The van der Waals surface area contributed by atoms with Gasteiger partial charge in [0.1, 0.15) is 5.76 Å². The summed E-state index contributed by atoms with van der Waals surface area (Å²) in [5, 5.41) is 2.99. The predicted octanol–water partition coefficient (Wildman–Crippen LogP) is 6.89. The molecule has 3 aromatic rings. The highest BCUT2D eigenvalue weighted by atomic mass is 16.3. The third-order valence-electron chi connectivity index (χ3n) is 7.33. The smallest absolute Gasteiger partial charge is 0.286 e. The van der Waals surface area contributed by atoms with Crippen molar-refractivity contribution in [1.29, 1.82) is 0 Å². The molecule has 33 heavy (non-hydrogen) atoms. The lowest BCUT2D eigenvalue weighted by Gasteiger charge is -2.42. The molecular formula is C30H37NO2. The van der Waals surface area contributed by atoms with Crippen LogP contribution in [0, 0.1) is 6.92 Å². The Labute approximate surface area is 198 Å². The van der Waals surface area contributed by atoms with Crippen molar-refractivity contribution in [3.05, 3.63) is 93.9 Å². The van der Waals surface area contributed by atoms with E-state index in [9.17, 15) is 4.79 Å². The van der Waals surface area contributed by atoms with E-state index in [2.05, 4.69) is 64.2 Å². The van der Waals surface area contributed by atoms with E-state index in [0.29, 0.717) is 18.7 Å². The van der Waals surface area contributed by atoms with Crippen molar-refractivity contribution in [2.45, 2.75) is 77.6 Å². The second-order valence-electron chi connectivity index (χ2n) is 10.9. The first-order chi connectivity index (χ1) is 15.7. The molecule has 3 heteroatoms. The van der Waals surface area contributed by atoms with Crippen LogP contribution in [0.1, 0.15) is 91.1 Å². The number of fused-ring (bicyclic) bond motifs is 1. The van der Waals surface area contributed by atoms with Crippen molar-refractivity contribution in [2.75, 3.05) is 6.54 Å². The average molecular weight is 444 g/mol. The summed E-state index contributed by atoms with van der Waals surface area (Å²) in [4.78, 5) is 12.5. The van der Waals surface area contributed by atoms with Crippen LogP contribution in [0.4, 0.5) is 0 Å². The van der Waals surface area contributed by atoms with Crippen LogP contribution in [0.5, 0.6) is 0 Å². The Balaban J connectivity index is 1.41. The zero-order valence-electron chi connectivity index (χ0n) is 20.8. The van der Waals surface area contributed by atoms with Gasteiger partial charge in [0.2, 0.25) is 0 Å². The molecule has 174 valence electrons. The van der Waals surface area contributed by atoms with E-state index in [-0.39, 0.29) is 16.7 Å². The maximum Gasteiger partial charge on any atom is 0.286 e. The minimum Gasteiger partial charge on any atom is -0.456 e. The molecule has 0 unspecified atom stereocenters. The Hall–Kier alpha value is -2.81. The van der Waals surface area contributed by atoms with Gasteiger partial charge in [-0.3, -0.25) is 4.79 Å². The fraction of sp³-hybridized carbons (Fsp3) is 0.433. The third-order valence-corrected chi connectivity index (χ3v) is 7.33. The molecule has 0 aliphatic heterocycles. The van der Waals surface area contributed by atoms with Crippen molar-refractivity contribution in [3.63, 3.8) is 0 Å². The normalized spacial score (nSPS) is 16.3. The lowest BCUT2D eigenvalue weighted by Crippen LogP contribution is -2.34. The van der Waals surface area contributed by atoms with Gasteiger partial charge in [0.15, 0.2) is 5.76 Å². The summed E-state index contributed by atoms with van der Waals surface area (Å²) in [5.74, 6) is 1.08. The van der Waals surface area contributed by atoms with Crippen LogP contribution in [-0.2, 0) is 23.7 Å². The summed E-state index contributed by atoms with van der Waals surface area (Å²) in [6, 6.07) is 18.8. The van der Waals surface area contributed by atoms with Gasteiger partial charge in [0.25, 0.3) is 5.91 Å². The van der Waals surface area contributed by atoms with Gasteiger partial charge >= 0.3 is 0 Å². The summed E-state index contributed by atoms with van der Waals surface area (Å²) < 4.78 is 5.94. The first-order valence-corrected chi connectivity index (χ1v) is 12.2. The van der Waals surface area contributed by atoms with E-state index < -0.39 is 0 Å². The van der Waals surface area contributed by atoms with E-state index in [1.807, 2.05) is 24.3 Å². The van der Waals surface area contributed by atoms with Crippen LogP contribution in [0.15, 0.2) is 59.0 Å². The maximum absolute atomic E-state index is 12.5. The zero-order chi connectivity index (χ0) is 23.6. The van der Waals surface area contributed by atoms with Crippen molar-refractivity contribution in [3.8, 4) is 0 Å². The molecule has 0 atom stereocenters. The molecule has 3 nitrogen and oxygen atoms in total. The minimum atomic E-state index is -0.139. The van der Waals surface area contributed by atoms with Crippen LogP contribution in [0.25, 0.3) is 0 Å². The number of furan rings is 1. The van der Waals surface area contributed by atoms with Gasteiger partial charge < -0.3 is 9.73 Å². The molecule has 1 aliphatic rings. The summed E-state index contributed by atoms with van der Waals surface area (Å²) in [5.41, 5.74) is 7.20. The molecular weight excluding hydrogens is 406 g/mol. The molecule has 0 spiro atoms. The Morgan fingerprint density at radius 1 is 0.939 bits per heavy atom. The van der Waals surface area contributed by atoms with Crippen LogP contribution in [-0.4, -0.2) is 12.5 Å². The van der Waals surface area contributed by atoms with Crippen LogP contribution in [0.3, 0.4) is 0 Å². The van der Waals surface area contributed by atoms with E-state index in [0.717, 1.165) is 18.6 Å². The number of benzene rings is 2. The van der Waals surface area contributed by atoms with Gasteiger partial charge in [-0.15, -0.1) is 0 Å². The first-order valence-electron chi connectivity index (χ1n) is 12.2. The quantitative estimate of drug-likeness (QED) is 0.404. The molecule has 0 bridgehead atoms. The highest BCUT2D eigenvalue weighted by Crippen LogP contribution is 2.46. The van der Waals surface area contributed by atoms with Crippen molar-refractivity contribution < 1.29 is 9.21 Å². The van der Waals surface area contributed by atoms with E-state index in [1.165, 1.54) is 40.7 Å². The second kappa shape index (κ2) is 9.21. The highest BCUT2D eigenvalue weighted by Gasteiger charge is 2.37. The molecule has 1 amide bonds. The van der Waals surface area contributed by atoms with Gasteiger partial charge in [-0.2, -0.15) is 0 Å². The molecule has 4 rings (SSSR count). The van der Waals surface area contributed by atoms with Crippen LogP contribution >= 0.6 is 0 Å². The summed E-state index contributed by atoms with van der Waals surface area (Å²) in [7, 11) is 0. The first kappa shape index (κ1) is 23.4. The summed E-state index contributed by atoms with van der Waals surface area (Å²) in [6.07, 6.45) is 4.98. The third kappa shape index (κ3) is 5.24. The maximum atomic E-state index is 12.5. The van der Waals surface area contributed by atoms with Gasteiger partial charge in [-0.1, -0.05) is 70.2 Å². The highest BCUT2D eigenvalue weighted by molar-refractivity contribution is 5.91. The van der Waals surface area contributed by atoms with Gasteiger partial charge in [0, 0.05) is 13.0 Å². The predicted molar refractivity (Wildman–Crippen MR) is 135 cm³/mol. The van der Waals surface area contributed by atoms with Crippen molar-refractivity contribution >= 4 is 5.91 Å². The molecule has 0 saturated heterocycles. The molecule has 1 N–H and O–H groups in total. The second-order valence-corrected chi connectivity index (χ2v) is 10.9. The number of carbonyl (C=O) groups is 1. The molecule has 0 saturated carbocycles. The molecule has 0 fully saturated rings. The average Bonchev–Trinajstić information content (AvgIpc) is 3.25. The Morgan fingerprint density at radius 3 is 2.30 bits per heavy atom. The molecule has 1 aromatic heterocycles. The molecule has 1 aliphatic carbocycles. The summed E-state index contributed by atoms with van der Waals surface area (Å²) >= 11 is 0. The molecule has 0 radical (unpaired) electrons. The van der Waals surface area contributed by atoms with Crippen molar-refractivity contribution in [1.82, 2.24) is 5.32 Å². The van der Waals surface area contributed by atoms with Crippen molar-refractivity contribution in [2.24, 2.45) is 0 Å². The monoisotopic (exact) mass is 443 g/mol. The topological polar surface area (TPSA) is 42.2 Å². The number of aryl methyl sites for hydroxylation is 2. The number of hydrogen-bond donors (Lipinski definition) is 1. The van der Waals surface area contributed by atoms with E-state index in [1.54, 1.807) is 6.07 Å². The standard InChI is InChI=1S/C30H37NO2/c1-21-18-25-26(30(4,5)16-15-29(25,2)3)20-23(21)19-24-13-14-27(33-24)28(32)31-17-9-12-22-10-7-6-8-11-22/h6-8,10-11,13-14,18,20H,9,12,15-17,19H2,1-5H3,(H,31,32). The van der Waals surface area contributed by atoms with Gasteiger partial charge in [-0.25, -0.2) is 0 Å². The van der Waals surface area contributed by atoms with Gasteiger partial charge in [-0.05, 0) is 83.4 Å². The zero-order valence-corrected chi connectivity index (χ0v) is 20.8. The Morgan fingerprint density at radius 2 is 1.61 bits per heavy atom. The van der Waals surface area contributed by atoms with E-state index >= 15 is 0 Å². The lowest BCUT2D eigenvalue weighted by molar-refractivity contribution is 0.0924. The molecule has 2 aromatic carbocycles. The number of hydrogen-bond acceptors (Lipinski definition) is 2. The number of nitrogens with one attached hydrogen (secondary N) is 1.